The van der Waals surface area contributed by atoms with Gasteiger partial charge in [0.25, 0.3) is 0 Å². The zero-order valence-electron chi connectivity index (χ0n) is 13.6. The molecule has 0 fully saturated rings. The lowest BCUT2D eigenvalue weighted by Gasteiger charge is -2.13. The van der Waals surface area contributed by atoms with Crippen LogP contribution in [0.1, 0.15) is 16.7 Å². The Balaban J connectivity index is 1.59. The lowest BCUT2D eigenvalue weighted by Crippen LogP contribution is -2.13. The van der Waals surface area contributed by atoms with Crippen LogP contribution in [0, 0.1) is 0 Å². The topological polar surface area (TPSA) is 34.2 Å². The number of nitrogens with zero attached hydrogens (tertiary/aromatic N) is 1. The molecule has 0 aliphatic rings. The van der Waals surface area contributed by atoms with E-state index in [9.17, 15) is 0 Å². The Labute approximate surface area is 164 Å². The molecule has 0 saturated carbocycles. The fourth-order valence-electron chi connectivity index (χ4n) is 2.44. The largest absolute Gasteiger partial charge is 0.487 e. The fourth-order valence-corrected chi connectivity index (χ4v) is 3.95. The van der Waals surface area contributed by atoms with Gasteiger partial charge in [0.2, 0.25) is 0 Å². The maximum atomic E-state index is 5.96. The Morgan fingerprint density at radius 1 is 0.840 bits per heavy atom. The third kappa shape index (κ3) is 5.39. The predicted molar refractivity (Wildman–Crippen MR) is 107 cm³/mol. The van der Waals surface area contributed by atoms with Gasteiger partial charge in [0.1, 0.15) is 12.4 Å². The molecule has 1 N–H and O–H groups in total. The van der Waals surface area contributed by atoms with Crippen LogP contribution >= 0.6 is 31.9 Å². The number of aromatic nitrogens is 1. The molecule has 1 heterocycles. The summed E-state index contributed by atoms with van der Waals surface area (Å²) in [5.41, 5.74) is 3.49. The van der Waals surface area contributed by atoms with Crippen LogP contribution < -0.4 is 10.1 Å². The molecule has 3 nitrogen and oxygen atoms in total. The van der Waals surface area contributed by atoms with E-state index in [1.54, 1.807) is 6.20 Å². The molecule has 3 aromatic rings. The van der Waals surface area contributed by atoms with Gasteiger partial charge in [0.05, 0.1) is 8.95 Å². The second-order valence-electron chi connectivity index (χ2n) is 5.63. The van der Waals surface area contributed by atoms with Crippen molar-refractivity contribution in [1.29, 1.82) is 0 Å². The molecule has 0 aliphatic heterocycles. The Morgan fingerprint density at radius 2 is 1.52 bits per heavy atom. The Bertz CT molecular complexity index is 787. The van der Waals surface area contributed by atoms with Crippen molar-refractivity contribution in [2.75, 3.05) is 0 Å². The minimum Gasteiger partial charge on any atom is -0.487 e. The van der Waals surface area contributed by atoms with Gasteiger partial charge in [-0.25, -0.2) is 0 Å². The Hall–Kier alpha value is -1.69. The summed E-state index contributed by atoms with van der Waals surface area (Å²) in [5, 5.41) is 3.43. The molecule has 0 atom stereocenters. The lowest BCUT2D eigenvalue weighted by atomic mass is 10.2. The van der Waals surface area contributed by atoms with Gasteiger partial charge in [-0.1, -0.05) is 36.4 Å². The Kier molecular flexibility index (Phi) is 6.62. The van der Waals surface area contributed by atoms with Gasteiger partial charge in [0, 0.05) is 25.5 Å². The van der Waals surface area contributed by atoms with Crippen molar-refractivity contribution in [2.45, 2.75) is 19.7 Å². The van der Waals surface area contributed by atoms with E-state index >= 15 is 0 Å². The van der Waals surface area contributed by atoms with Gasteiger partial charge in [-0.2, -0.15) is 0 Å². The summed E-state index contributed by atoms with van der Waals surface area (Å²) in [6.07, 6.45) is 3.66. The minimum absolute atomic E-state index is 0.538. The highest BCUT2D eigenvalue weighted by molar-refractivity contribution is 9.11. The van der Waals surface area contributed by atoms with Gasteiger partial charge in [-0.3, -0.25) is 4.98 Å². The molecule has 0 bridgehead atoms. The highest BCUT2D eigenvalue weighted by Gasteiger charge is 2.09. The molecule has 3 rings (SSSR count). The van der Waals surface area contributed by atoms with Crippen molar-refractivity contribution < 1.29 is 4.74 Å². The van der Waals surface area contributed by atoms with Crippen LogP contribution in [0.2, 0.25) is 0 Å². The number of ether oxygens (including phenoxy) is 1. The van der Waals surface area contributed by atoms with Crippen LogP contribution in [0.15, 0.2) is 75.9 Å². The number of hydrogen-bond donors (Lipinski definition) is 1. The molecule has 0 spiro atoms. The minimum atomic E-state index is 0.538. The van der Waals surface area contributed by atoms with Gasteiger partial charge < -0.3 is 10.1 Å². The predicted octanol–water partition coefficient (Wildman–Crippen LogP) is 5.48. The van der Waals surface area contributed by atoms with Crippen LogP contribution in [0.5, 0.6) is 5.75 Å². The van der Waals surface area contributed by atoms with Crippen LogP contribution in [-0.2, 0) is 19.7 Å². The molecule has 0 radical (unpaired) electrons. The molecule has 0 amide bonds. The molecule has 0 unspecified atom stereocenters. The van der Waals surface area contributed by atoms with E-state index < -0.39 is 0 Å². The smallest absolute Gasteiger partial charge is 0.148 e. The van der Waals surface area contributed by atoms with E-state index in [0.717, 1.165) is 33.3 Å². The van der Waals surface area contributed by atoms with E-state index in [-0.39, 0.29) is 0 Å². The number of hydrogen-bond acceptors (Lipinski definition) is 3. The molecule has 1 aromatic heterocycles. The summed E-state index contributed by atoms with van der Waals surface area (Å²) >= 11 is 7.23. The van der Waals surface area contributed by atoms with Gasteiger partial charge in [-0.05, 0) is 66.7 Å². The second kappa shape index (κ2) is 9.13. The number of pyridine rings is 1. The first-order valence-electron chi connectivity index (χ1n) is 7.96. The summed E-state index contributed by atoms with van der Waals surface area (Å²) in [6, 6.07) is 18.3. The van der Waals surface area contributed by atoms with E-state index in [2.05, 4.69) is 72.5 Å². The van der Waals surface area contributed by atoms with E-state index in [1.807, 2.05) is 30.5 Å². The monoisotopic (exact) mass is 460 g/mol. The number of benzene rings is 2. The van der Waals surface area contributed by atoms with Crippen molar-refractivity contribution in [3.05, 3.63) is 92.6 Å². The summed E-state index contributed by atoms with van der Waals surface area (Å²) in [7, 11) is 0. The first kappa shape index (κ1) is 18.1. The van der Waals surface area contributed by atoms with Crippen LogP contribution in [0.25, 0.3) is 0 Å². The summed E-state index contributed by atoms with van der Waals surface area (Å²) in [4.78, 5) is 4.12. The quantitative estimate of drug-likeness (QED) is 0.506. The van der Waals surface area contributed by atoms with E-state index in [0.29, 0.717) is 6.61 Å². The zero-order valence-corrected chi connectivity index (χ0v) is 16.8. The summed E-state index contributed by atoms with van der Waals surface area (Å²) < 4.78 is 7.84. The SMILES string of the molecule is Brc1cc(CNCc2cccnc2)cc(Br)c1OCc1ccccc1. The average molecular weight is 462 g/mol. The van der Waals surface area contributed by atoms with Gasteiger partial charge in [0.15, 0.2) is 0 Å². The highest BCUT2D eigenvalue weighted by Crippen LogP contribution is 2.35. The van der Waals surface area contributed by atoms with Crippen molar-refractivity contribution in [1.82, 2.24) is 10.3 Å². The molecule has 128 valence electrons. The third-order valence-electron chi connectivity index (χ3n) is 3.67. The maximum Gasteiger partial charge on any atom is 0.148 e. The fraction of sp³-hybridized carbons (Fsp3) is 0.150. The standard InChI is InChI=1S/C20H18Br2N2O/c21-18-9-17(13-24-12-16-7-4-8-23-11-16)10-19(22)20(18)25-14-15-5-2-1-3-6-15/h1-11,24H,12-14H2. The third-order valence-corrected chi connectivity index (χ3v) is 4.84. The normalized spacial score (nSPS) is 10.6. The van der Waals surface area contributed by atoms with Crippen LogP contribution in [0.3, 0.4) is 0 Å². The molecule has 0 aliphatic carbocycles. The van der Waals surface area contributed by atoms with Crippen molar-refractivity contribution in [3.63, 3.8) is 0 Å². The first-order chi connectivity index (χ1) is 12.2. The maximum absolute atomic E-state index is 5.96. The zero-order chi connectivity index (χ0) is 17.5. The van der Waals surface area contributed by atoms with Crippen molar-refractivity contribution in [2.24, 2.45) is 0 Å². The lowest BCUT2D eigenvalue weighted by molar-refractivity contribution is 0.302. The number of halogens is 2. The number of nitrogens with one attached hydrogen (secondary N) is 1. The van der Waals surface area contributed by atoms with Crippen LogP contribution in [0.4, 0.5) is 0 Å². The van der Waals surface area contributed by atoms with Crippen LogP contribution in [-0.4, -0.2) is 4.98 Å². The Morgan fingerprint density at radius 3 is 2.20 bits per heavy atom. The molecule has 25 heavy (non-hydrogen) atoms. The van der Waals surface area contributed by atoms with E-state index in [4.69, 9.17) is 4.74 Å². The van der Waals surface area contributed by atoms with Gasteiger partial charge in [-0.15, -0.1) is 0 Å². The molecule has 0 saturated heterocycles. The number of rotatable bonds is 7. The summed E-state index contributed by atoms with van der Waals surface area (Å²) in [5.74, 6) is 0.819. The average Bonchev–Trinajstić information content (AvgIpc) is 2.63. The molecular formula is C20H18Br2N2O. The van der Waals surface area contributed by atoms with Gasteiger partial charge >= 0.3 is 0 Å². The van der Waals surface area contributed by atoms with E-state index in [1.165, 1.54) is 11.1 Å². The molecular weight excluding hydrogens is 444 g/mol. The first-order valence-corrected chi connectivity index (χ1v) is 9.55. The highest BCUT2D eigenvalue weighted by atomic mass is 79.9. The second-order valence-corrected chi connectivity index (χ2v) is 7.34. The molecule has 5 heteroatoms. The van der Waals surface area contributed by atoms with Crippen molar-refractivity contribution >= 4 is 31.9 Å². The summed E-state index contributed by atoms with van der Waals surface area (Å²) in [6.45, 7) is 2.09. The van der Waals surface area contributed by atoms with Crippen molar-refractivity contribution in [3.8, 4) is 5.75 Å². The molecule has 2 aromatic carbocycles.